The maximum atomic E-state index is 14.5. The number of benzene rings is 2. The van der Waals surface area contributed by atoms with Crippen LogP contribution in [0.3, 0.4) is 0 Å². The maximum absolute atomic E-state index is 14.5. The molecular weight excluding hydrogens is 703 g/mol. The van der Waals surface area contributed by atoms with E-state index < -0.39 is 65.0 Å². The number of nitrogens with one attached hydrogen (secondary N) is 2. The van der Waals surface area contributed by atoms with Gasteiger partial charge in [-0.2, -0.15) is 18.3 Å². The van der Waals surface area contributed by atoms with Gasteiger partial charge in [-0.1, -0.05) is 23.4 Å². The van der Waals surface area contributed by atoms with Crippen molar-refractivity contribution in [3.8, 4) is 11.8 Å². The van der Waals surface area contributed by atoms with Crippen LogP contribution in [0.5, 0.6) is 0 Å². The molecule has 7 rings (SSSR count). The molecule has 1 atom stereocenters. The third-order valence-electron chi connectivity index (χ3n) is 9.65. The highest BCUT2D eigenvalue weighted by Crippen LogP contribution is 2.44. The van der Waals surface area contributed by atoms with Crippen molar-refractivity contribution < 1.29 is 45.9 Å². The van der Waals surface area contributed by atoms with E-state index in [1.807, 2.05) is 4.90 Å². The summed E-state index contributed by atoms with van der Waals surface area (Å²) in [5, 5.41) is 8.39. The number of carbonyl (C=O) groups excluding carboxylic acids is 5. The lowest BCUT2D eigenvalue weighted by molar-refractivity contribution is -0.138. The highest BCUT2D eigenvalue weighted by molar-refractivity contribution is 6.33. The number of alkyl halides is 5. The van der Waals surface area contributed by atoms with Gasteiger partial charge in [-0.3, -0.25) is 34.2 Å². The van der Waals surface area contributed by atoms with Gasteiger partial charge in [0.2, 0.25) is 11.8 Å². The Labute approximate surface area is 291 Å². The number of aromatic nitrogens is 2. The van der Waals surface area contributed by atoms with Crippen molar-refractivity contribution in [2.45, 2.75) is 56.3 Å². The Balaban J connectivity index is 1.04. The molecule has 2 aromatic carbocycles. The standard InChI is InChI=1S/C34H26ClF5N6O5/c35-23-12-19(34(38,39)40)4-7-24(23)42-32(51)33(10-1-11-33)46-27(28(36)37)18(14-41-46)3-2-17-15-44(16-17)20-5-6-21-22(13-20)31(50)45(30(21)49)25-8-9-26(47)43-29(25)48/h4-7,12-14,17,25,28H,1,8-11,15-16H2,(H,42,51)(H,43,47,48). The number of piperidine rings is 1. The first kappa shape index (κ1) is 34.2. The molecule has 51 heavy (non-hydrogen) atoms. The third kappa shape index (κ3) is 5.88. The summed E-state index contributed by atoms with van der Waals surface area (Å²) in [7, 11) is 0. The average Bonchev–Trinajstić information content (AvgIpc) is 3.55. The molecule has 1 unspecified atom stereocenters. The topological polar surface area (TPSA) is 134 Å². The van der Waals surface area contributed by atoms with Crippen LogP contribution >= 0.6 is 11.6 Å². The highest BCUT2D eigenvalue weighted by atomic mass is 35.5. The number of anilines is 2. The Bertz CT molecular complexity index is 2080. The molecule has 2 saturated heterocycles. The largest absolute Gasteiger partial charge is 0.416 e. The first-order valence-corrected chi connectivity index (χ1v) is 16.2. The van der Waals surface area contributed by atoms with E-state index in [1.165, 1.54) is 6.07 Å². The second-order valence-electron chi connectivity index (χ2n) is 12.7. The molecule has 3 fully saturated rings. The van der Waals surface area contributed by atoms with E-state index in [4.69, 9.17) is 11.6 Å². The predicted octanol–water partition coefficient (Wildman–Crippen LogP) is 4.90. The molecule has 17 heteroatoms. The number of carbonyl (C=O) groups is 5. The summed E-state index contributed by atoms with van der Waals surface area (Å²) in [6.45, 7) is 0.756. The van der Waals surface area contributed by atoms with E-state index in [0.29, 0.717) is 31.3 Å². The van der Waals surface area contributed by atoms with Crippen LogP contribution < -0.4 is 15.5 Å². The first-order valence-electron chi connectivity index (χ1n) is 15.8. The van der Waals surface area contributed by atoms with Gasteiger partial charge in [0.25, 0.3) is 24.1 Å². The number of halogens is 6. The summed E-state index contributed by atoms with van der Waals surface area (Å²) in [5.74, 6) is 2.28. The maximum Gasteiger partial charge on any atom is 0.416 e. The lowest BCUT2D eigenvalue weighted by Crippen LogP contribution is -2.54. The molecule has 11 nitrogen and oxygen atoms in total. The molecular formula is C34H26ClF5N6O5. The van der Waals surface area contributed by atoms with Gasteiger partial charge in [0.15, 0.2) is 0 Å². The van der Waals surface area contributed by atoms with E-state index in [0.717, 1.165) is 27.9 Å². The van der Waals surface area contributed by atoms with E-state index in [9.17, 15) is 45.9 Å². The second kappa shape index (κ2) is 12.5. The lowest BCUT2D eigenvalue weighted by atomic mass is 9.75. The van der Waals surface area contributed by atoms with Crippen molar-refractivity contribution in [1.82, 2.24) is 20.0 Å². The van der Waals surface area contributed by atoms with Gasteiger partial charge in [-0.05, 0) is 62.1 Å². The normalized spacial score (nSPS) is 20.0. The zero-order chi connectivity index (χ0) is 36.4. The minimum Gasteiger partial charge on any atom is -0.369 e. The second-order valence-corrected chi connectivity index (χ2v) is 13.1. The lowest BCUT2D eigenvalue weighted by Gasteiger charge is -2.41. The molecule has 2 N–H and O–H groups in total. The minimum absolute atomic E-state index is 0.00225. The van der Waals surface area contributed by atoms with Gasteiger partial charge < -0.3 is 10.2 Å². The number of nitrogens with zero attached hydrogens (tertiary/aromatic N) is 4. The molecule has 3 aromatic rings. The molecule has 264 valence electrons. The number of hydrogen-bond donors (Lipinski definition) is 2. The van der Waals surface area contributed by atoms with Crippen molar-refractivity contribution >= 4 is 52.5 Å². The SMILES string of the molecule is O=C1CCC(N2C(=O)c3ccc(N4CC(C#Cc5cnn(C6(C(=O)Nc7ccc(C(F)(F)F)cc7Cl)CCC6)c5C(F)F)C4)cc3C2=O)C(=O)N1. The molecule has 4 heterocycles. The van der Waals surface area contributed by atoms with Crippen LogP contribution in [-0.2, 0) is 26.1 Å². The number of imide groups is 2. The van der Waals surface area contributed by atoms with Gasteiger partial charge in [0.1, 0.15) is 17.3 Å². The fourth-order valence-corrected chi connectivity index (χ4v) is 6.93. The van der Waals surface area contributed by atoms with Crippen LogP contribution in [0.2, 0.25) is 5.02 Å². The Kier molecular flexibility index (Phi) is 8.36. The monoisotopic (exact) mass is 728 g/mol. The summed E-state index contributed by atoms with van der Waals surface area (Å²) >= 11 is 6.01. The van der Waals surface area contributed by atoms with Crippen molar-refractivity contribution in [1.29, 1.82) is 0 Å². The summed E-state index contributed by atoms with van der Waals surface area (Å²) in [5.41, 5.74) is -2.39. The molecule has 3 aliphatic heterocycles. The number of rotatable bonds is 6. The van der Waals surface area contributed by atoms with Gasteiger partial charge in [0, 0.05) is 25.2 Å². The molecule has 1 aromatic heterocycles. The number of amides is 5. The van der Waals surface area contributed by atoms with Crippen LogP contribution in [0.25, 0.3) is 0 Å². The Morgan fingerprint density at radius 3 is 2.39 bits per heavy atom. The van der Waals surface area contributed by atoms with Crippen LogP contribution in [0.15, 0.2) is 42.6 Å². The zero-order valence-electron chi connectivity index (χ0n) is 26.3. The minimum atomic E-state index is -4.65. The van der Waals surface area contributed by atoms with Gasteiger partial charge >= 0.3 is 6.18 Å². The molecule has 0 bridgehead atoms. The Morgan fingerprint density at radius 1 is 1.04 bits per heavy atom. The van der Waals surface area contributed by atoms with Crippen molar-refractivity contribution in [3.63, 3.8) is 0 Å². The predicted molar refractivity (Wildman–Crippen MR) is 170 cm³/mol. The summed E-state index contributed by atoms with van der Waals surface area (Å²) in [4.78, 5) is 66.2. The average molecular weight is 729 g/mol. The van der Waals surface area contributed by atoms with Crippen LogP contribution in [-0.4, -0.2) is 63.3 Å². The summed E-state index contributed by atoms with van der Waals surface area (Å²) in [6.07, 6.45) is -5.68. The first-order chi connectivity index (χ1) is 24.2. The van der Waals surface area contributed by atoms with Crippen molar-refractivity contribution in [3.05, 3.63) is 75.6 Å². The van der Waals surface area contributed by atoms with Crippen LogP contribution in [0.1, 0.15) is 76.1 Å². The van der Waals surface area contributed by atoms with Crippen molar-refractivity contribution in [2.24, 2.45) is 5.92 Å². The third-order valence-corrected chi connectivity index (χ3v) is 9.96. The molecule has 0 spiro atoms. The van der Waals surface area contributed by atoms with E-state index in [2.05, 4.69) is 27.6 Å². The van der Waals surface area contributed by atoms with E-state index in [-0.39, 0.29) is 59.0 Å². The summed E-state index contributed by atoms with van der Waals surface area (Å²) < 4.78 is 69.1. The van der Waals surface area contributed by atoms with Crippen LogP contribution in [0.4, 0.5) is 33.3 Å². The smallest absolute Gasteiger partial charge is 0.369 e. The van der Waals surface area contributed by atoms with Crippen LogP contribution in [0, 0.1) is 17.8 Å². The molecule has 0 radical (unpaired) electrons. The van der Waals surface area contributed by atoms with E-state index >= 15 is 0 Å². The Morgan fingerprint density at radius 2 is 1.76 bits per heavy atom. The van der Waals surface area contributed by atoms with Gasteiger partial charge in [0.05, 0.1) is 45.1 Å². The molecule has 1 saturated carbocycles. The van der Waals surface area contributed by atoms with Gasteiger partial charge in [-0.15, -0.1) is 0 Å². The zero-order valence-corrected chi connectivity index (χ0v) is 27.1. The highest BCUT2D eigenvalue weighted by Gasteiger charge is 2.50. The molecule has 4 aliphatic rings. The number of fused-ring (bicyclic) bond motifs is 1. The summed E-state index contributed by atoms with van der Waals surface area (Å²) in [6, 6.07) is 6.04. The van der Waals surface area contributed by atoms with E-state index in [1.54, 1.807) is 12.1 Å². The fourth-order valence-electron chi connectivity index (χ4n) is 6.70. The van der Waals surface area contributed by atoms with Gasteiger partial charge in [-0.25, -0.2) is 13.5 Å². The molecule has 5 amide bonds. The van der Waals surface area contributed by atoms with Crippen molar-refractivity contribution in [2.75, 3.05) is 23.3 Å². The number of hydrogen-bond acceptors (Lipinski definition) is 7. The Hall–Kier alpha value is -5.30. The quantitative estimate of drug-likeness (QED) is 0.210. The fraction of sp³-hybridized carbons (Fsp3) is 0.353. The molecule has 1 aliphatic carbocycles.